The van der Waals surface area contributed by atoms with Gasteiger partial charge in [-0.25, -0.2) is 0 Å². The van der Waals surface area contributed by atoms with Crippen LogP contribution in [0.2, 0.25) is 0 Å². The molecule has 0 heterocycles. The second-order valence-electron chi connectivity index (χ2n) is 4.23. The van der Waals surface area contributed by atoms with E-state index in [2.05, 4.69) is 29.3 Å². The Morgan fingerprint density at radius 3 is 2.41 bits per heavy atom. The number of hydrogen-bond acceptors (Lipinski definition) is 3. The topological polar surface area (TPSA) is 24.5 Å². The fraction of sp³-hybridized carbons (Fsp3) is 0.571. The number of nitrogens with zero attached hydrogens (tertiary/aromatic N) is 1. The van der Waals surface area contributed by atoms with Crippen LogP contribution in [0.25, 0.3) is 0 Å². The van der Waals surface area contributed by atoms with Crippen LogP contribution in [0.15, 0.2) is 24.3 Å². The van der Waals surface area contributed by atoms with Crippen LogP contribution >= 0.6 is 0 Å². The number of ether oxygens (including phenoxy) is 1. The Kier molecular flexibility index (Phi) is 6.67. The normalized spacial score (nSPS) is 10.8. The molecule has 96 valence electrons. The van der Waals surface area contributed by atoms with Crippen molar-refractivity contribution in [1.82, 2.24) is 10.2 Å². The molecule has 0 unspecified atom stereocenters. The van der Waals surface area contributed by atoms with E-state index in [1.807, 2.05) is 19.2 Å². The van der Waals surface area contributed by atoms with Gasteiger partial charge in [0.15, 0.2) is 0 Å². The highest BCUT2D eigenvalue weighted by atomic mass is 16.5. The summed E-state index contributed by atoms with van der Waals surface area (Å²) >= 11 is 0. The lowest BCUT2D eigenvalue weighted by Gasteiger charge is -2.21. The summed E-state index contributed by atoms with van der Waals surface area (Å²) in [6.07, 6.45) is 1.19. The van der Waals surface area contributed by atoms with E-state index in [-0.39, 0.29) is 0 Å². The van der Waals surface area contributed by atoms with E-state index < -0.39 is 0 Å². The van der Waals surface area contributed by atoms with Crippen LogP contribution in [0, 0.1) is 0 Å². The second-order valence-corrected chi connectivity index (χ2v) is 4.23. The highest BCUT2D eigenvalue weighted by molar-refractivity contribution is 5.27. The van der Waals surface area contributed by atoms with Crippen molar-refractivity contribution in [2.24, 2.45) is 0 Å². The number of rotatable bonds is 8. The summed E-state index contributed by atoms with van der Waals surface area (Å²) in [5.41, 5.74) is 1.34. The highest BCUT2D eigenvalue weighted by Gasteiger charge is 2.04. The molecule has 1 aromatic rings. The first-order valence-electron chi connectivity index (χ1n) is 6.30. The lowest BCUT2D eigenvalue weighted by Crippen LogP contribution is -2.31. The molecule has 0 aromatic heterocycles. The Morgan fingerprint density at radius 2 is 1.88 bits per heavy atom. The Balaban J connectivity index is 2.51. The smallest absolute Gasteiger partial charge is 0.118 e. The Bertz CT molecular complexity index is 298. The summed E-state index contributed by atoms with van der Waals surface area (Å²) in [5.74, 6) is 0.922. The molecule has 0 aliphatic rings. The van der Waals surface area contributed by atoms with Gasteiger partial charge in [0.1, 0.15) is 5.75 Å². The number of likely N-dealkylation sites (N-methyl/N-ethyl adjacent to an activating group) is 1. The van der Waals surface area contributed by atoms with Crippen molar-refractivity contribution in [1.29, 1.82) is 0 Å². The summed E-state index contributed by atoms with van der Waals surface area (Å²) in [6.45, 7) is 6.51. The minimum Gasteiger partial charge on any atom is -0.497 e. The first-order valence-corrected chi connectivity index (χ1v) is 6.30. The van der Waals surface area contributed by atoms with Gasteiger partial charge in [0.25, 0.3) is 0 Å². The first kappa shape index (κ1) is 14.0. The maximum Gasteiger partial charge on any atom is 0.118 e. The quantitative estimate of drug-likeness (QED) is 0.748. The van der Waals surface area contributed by atoms with Crippen LogP contribution in [0.4, 0.5) is 0 Å². The molecule has 0 aliphatic heterocycles. The predicted molar refractivity (Wildman–Crippen MR) is 72.5 cm³/mol. The fourth-order valence-corrected chi connectivity index (χ4v) is 1.85. The average Bonchev–Trinajstić information content (AvgIpc) is 2.37. The summed E-state index contributed by atoms with van der Waals surface area (Å²) in [7, 11) is 3.70. The zero-order valence-electron chi connectivity index (χ0n) is 11.2. The number of hydrogen-bond donors (Lipinski definition) is 1. The van der Waals surface area contributed by atoms with E-state index in [1.165, 1.54) is 12.0 Å². The molecule has 0 aliphatic carbocycles. The summed E-state index contributed by atoms with van der Waals surface area (Å²) in [6, 6.07) is 8.33. The van der Waals surface area contributed by atoms with E-state index >= 15 is 0 Å². The number of benzene rings is 1. The standard InChI is InChI=1S/C14H24N2O/c1-4-10-16(11-9-15-2)12-13-5-7-14(17-3)8-6-13/h5-8,15H,4,9-12H2,1-3H3. The molecule has 0 amide bonds. The lowest BCUT2D eigenvalue weighted by atomic mass is 10.2. The van der Waals surface area contributed by atoms with Crippen LogP contribution in [0.1, 0.15) is 18.9 Å². The van der Waals surface area contributed by atoms with Crippen molar-refractivity contribution in [2.75, 3.05) is 33.8 Å². The molecule has 0 fully saturated rings. The lowest BCUT2D eigenvalue weighted by molar-refractivity contribution is 0.267. The van der Waals surface area contributed by atoms with E-state index in [0.29, 0.717) is 0 Å². The van der Waals surface area contributed by atoms with Crippen molar-refractivity contribution in [2.45, 2.75) is 19.9 Å². The van der Waals surface area contributed by atoms with Gasteiger partial charge in [0, 0.05) is 19.6 Å². The van der Waals surface area contributed by atoms with Gasteiger partial charge in [0.05, 0.1) is 7.11 Å². The maximum atomic E-state index is 5.16. The third-order valence-electron chi connectivity index (χ3n) is 2.78. The minimum atomic E-state index is 0.922. The molecule has 17 heavy (non-hydrogen) atoms. The molecule has 0 saturated heterocycles. The predicted octanol–water partition coefficient (Wildman–Crippen LogP) is 2.13. The zero-order valence-corrected chi connectivity index (χ0v) is 11.2. The summed E-state index contributed by atoms with van der Waals surface area (Å²) in [5, 5.41) is 3.20. The van der Waals surface area contributed by atoms with E-state index in [4.69, 9.17) is 4.74 Å². The van der Waals surface area contributed by atoms with Gasteiger partial charge < -0.3 is 10.1 Å². The molecule has 1 rings (SSSR count). The zero-order chi connectivity index (χ0) is 12.5. The van der Waals surface area contributed by atoms with Gasteiger partial charge in [-0.3, -0.25) is 4.90 Å². The molecular weight excluding hydrogens is 212 g/mol. The van der Waals surface area contributed by atoms with Crippen LogP contribution in [0.5, 0.6) is 5.75 Å². The van der Waals surface area contributed by atoms with Crippen LogP contribution in [0.3, 0.4) is 0 Å². The Morgan fingerprint density at radius 1 is 1.18 bits per heavy atom. The van der Waals surface area contributed by atoms with Crippen molar-refractivity contribution in [3.63, 3.8) is 0 Å². The fourth-order valence-electron chi connectivity index (χ4n) is 1.85. The molecule has 3 nitrogen and oxygen atoms in total. The molecule has 0 radical (unpaired) electrons. The van der Waals surface area contributed by atoms with Crippen molar-refractivity contribution < 1.29 is 4.74 Å². The Labute approximate surface area is 105 Å². The highest BCUT2D eigenvalue weighted by Crippen LogP contribution is 2.13. The first-order chi connectivity index (χ1) is 8.30. The second kappa shape index (κ2) is 8.09. The maximum absolute atomic E-state index is 5.16. The van der Waals surface area contributed by atoms with Gasteiger partial charge >= 0.3 is 0 Å². The molecule has 1 aromatic carbocycles. The molecule has 0 saturated carbocycles. The molecule has 0 bridgehead atoms. The van der Waals surface area contributed by atoms with Crippen molar-refractivity contribution in [3.05, 3.63) is 29.8 Å². The van der Waals surface area contributed by atoms with E-state index in [0.717, 1.165) is 31.9 Å². The number of methoxy groups -OCH3 is 1. The molecule has 0 atom stereocenters. The SMILES string of the molecule is CCCN(CCNC)Cc1ccc(OC)cc1. The van der Waals surface area contributed by atoms with Crippen LogP contribution in [-0.4, -0.2) is 38.7 Å². The third kappa shape index (κ3) is 5.20. The summed E-state index contributed by atoms with van der Waals surface area (Å²) < 4.78 is 5.16. The molecular formula is C14H24N2O. The van der Waals surface area contributed by atoms with E-state index in [1.54, 1.807) is 7.11 Å². The monoisotopic (exact) mass is 236 g/mol. The summed E-state index contributed by atoms with van der Waals surface area (Å²) in [4.78, 5) is 2.47. The van der Waals surface area contributed by atoms with Gasteiger partial charge in [-0.1, -0.05) is 19.1 Å². The van der Waals surface area contributed by atoms with Crippen molar-refractivity contribution >= 4 is 0 Å². The van der Waals surface area contributed by atoms with Gasteiger partial charge in [-0.15, -0.1) is 0 Å². The van der Waals surface area contributed by atoms with Gasteiger partial charge in [-0.2, -0.15) is 0 Å². The molecule has 1 N–H and O–H groups in total. The third-order valence-corrected chi connectivity index (χ3v) is 2.78. The molecule has 0 spiro atoms. The molecule has 3 heteroatoms. The van der Waals surface area contributed by atoms with Crippen LogP contribution < -0.4 is 10.1 Å². The number of nitrogens with one attached hydrogen (secondary N) is 1. The Hall–Kier alpha value is -1.06. The largest absolute Gasteiger partial charge is 0.497 e. The van der Waals surface area contributed by atoms with E-state index in [9.17, 15) is 0 Å². The van der Waals surface area contributed by atoms with Crippen LogP contribution in [-0.2, 0) is 6.54 Å². The van der Waals surface area contributed by atoms with Crippen molar-refractivity contribution in [3.8, 4) is 5.75 Å². The van der Waals surface area contributed by atoms with Gasteiger partial charge in [0.2, 0.25) is 0 Å². The minimum absolute atomic E-state index is 0.922. The average molecular weight is 236 g/mol. The van der Waals surface area contributed by atoms with Gasteiger partial charge in [-0.05, 0) is 37.7 Å².